The number of aliphatic hydroxyl groups excluding tert-OH is 1. The Kier molecular flexibility index (Phi) is 5.56. The van der Waals surface area contributed by atoms with Gasteiger partial charge in [0, 0.05) is 25.2 Å². The van der Waals surface area contributed by atoms with Crippen molar-refractivity contribution in [2.75, 3.05) is 24.7 Å². The highest BCUT2D eigenvalue weighted by atomic mass is 19.1. The number of nitrogens with one attached hydrogen (secondary N) is 1. The molecule has 1 saturated heterocycles. The topological polar surface area (TPSA) is 44.7 Å². The van der Waals surface area contributed by atoms with Crippen molar-refractivity contribution in [3.63, 3.8) is 0 Å². The first-order valence-corrected chi connectivity index (χ1v) is 7.52. The Morgan fingerprint density at radius 2 is 2.24 bits per heavy atom. The van der Waals surface area contributed by atoms with Gasteiger partial charge in [0.2, 0.25) is 0 Å². The Hall–Kier alpha value is -1.17. The van der Waals surface area contributed by atoms with Crippen LogP contribution in [0.1, 0.15) is 26.3 Å². The minimum absolute atomic E-state index is 0.0404. The first-order chi connectivity index (χ1) is 10.0. The SMILES string of the molecule is CC(C)NCc1ccc(N2CC(CO)OCC2C)c(F)c1. The van der Waals surface area contributed by atoms with E-state index in [1.807, 2.05) is 24.0 Å². The number of anilines is 1. The van der Waals surface area contributed by atoms with Gasteiger partial charge in [-0.25, -0.2) is 4.39 Å². The highest BCUT2D eigenvalue weighted by Crippen LogP contribution is 2.25. The largest absolute Gasteiger partial charge is 0.394 e. The smallest absolute Gasteiger partial charge is 0.146 e. The fourth-order valence-electron chi connectivity index (χ4n) is 2.48. The maximum absolute atomic E-state index is 14.4. The molecule has 0 bridgehead atoms. The Balaban J connectivity index is 2.12. The molecule has 5 heteroatoms. The molecule has 2 unspecified atom stereocenters. The lowest BCUT2D eigenvalue weighted by molar-refractivity contribution is -0.0105. The number of rotatable bonds is 5. The molecular weight excluding hydrogens is 271 g/mol. The van der Waals surface area contributed by atoms with Crippen molar-refractivity contribution in [2.24, 2.45) is 0 Å². The second-order valence-corrected chi connectivity index (χ2v) is 5.96. The van der Waals surface area contributed by atoms with Gasteiger partial charge in [0.25, 0.3) is 0 Å². The second kappa shape index (κ2) is 7.20. The molecule has 4 nitrogen and oxygen atoms in total. The quantitative estimate of drug-likeness (QED) is 0.871. The van der Waals surface area contributed by atoms with Crippen molar-refractivity contribution in [3.05, 3.63) is 29.6 Å². The molecule has 0 aliphatic carbocycles. The van der Waals surface area contributed by atoms with Crippen molar-refractivity contribution >= 4 is 5.69 Å². The number of aliphatic hydroxyl groups is 1. The average Bonchev–Trinajstić information content (AvgIpc) is 2.46. The summed E-state index contributed by atoms with van der Waals surface area (Å²) >= 11 is 0. The molecule has 1 fully saturated rings. The average molecular weight is 296 g/mol. The molecule has 0 saturated carbocycles. The summed E-state index contributed by atoms with van der Waals surface area (Å²) in [6.07, 6.45) is -0.247. The van der Waals surface area contributed by atoms with Crippen molar-refractivity contribution in [1.82, 2.24) is 5.32 Å². The molecule has 0 amide bonds. The normalized spacial score (nSPS) is 22.9. The Bertz CT molecular complexity index is 468. The number of hydrogen-bond acceptors (Lipinski definition) is 4. The monoisotopic (exact) mass is 296 g/mol. The molecule has 21 heavy (non-hydrogen) atoms. The molecule has 0 spiro atoms. The fourth-order valence-corrected chi connectivity index (χ4v) is 2.48. The summed E-state index contributed by atoms with van der Waals surface area (Å²) in [5.74, 6) is -0.219. The van der Waals surface area contributed by atoms with Gasteiger partial charge in [-0.3, -0.25) is 0 Å². The molecule has 2 N–H and O–H groups in total. The molecule has 1 aliphatic rings. The van der Waals surface area contributed by atoms with Crippen LogP contribution in [0.15, 0.2) is 18.2 Å². The molecule has 1 aliphatic heterocycles. The zero-order valence-electron chi connectivity index (χ0n) is 13.0. The number of hydrogen-bond donors (Lipinski definition) is 2. The van der Waals surface area contributed by atoms with Crippen LogP contribution in [0.3, 0.4) is 0 Å². The second-order valence-electron chi connectivity index (χ2n) is 5.96. The zero-order valence-corrected chi connectivity index (χ0v) is 13.0. The van der Waals surface area contributed by atoms with Crippen LogP contribution in [0.2, 0.25) is 0 Å². The first kappa shape index (κ1) is 16.2. The van der Waals surface area contributed by atoms with Crippen molar-refractivity contribution in [2.45, 2.75) is 45.5 Å². The van der Waals surface area contributed by atoms with Crippen LogP contribution < -0.4 is 10.2 Å². The third kappa shape index (κ3) is 4.15. The van der Waals surface area contributed by atoms with Gasteiger partial charge < -0.3 is 20.1 Å². The predicted octanol–water partition coefficient (Wildman–Crippen LogP) is 1.91. The van der Waals surface area contributed by atoms with Gasteiger partial charge in [-0.2, -0.15) is 0 Å². The lowest BCUT2D eigenvalue weighted by Crippen LogP contribution is -2.50. The number of nitrogens with zero attached hydrogens (tertiary/aromatic N) is 1. The fraction of sp³-hybridized carbons (Fsp3) is 0.625. The van der Waals surface area contributed by atoms with Crippen molar-refractivity contribution in [3.8, 4) is 0 Å². The lowest BCUT2D eigenvalue weighted by Gasteiger charge is -2.39. The summed E-state index contributed by atoms with van der Waals surface area (Å²) in [6.45, 7) is 7.76. The van der Waals surface area contributed by atoms with Gasteiger partial charge >= 0.3 is 0 Å². The van der Waals surface area contributed by atoms with E-state index in [0.29, 0.717) is 31.4 Å². The van der Waals surface area contributed by atoms with Gasteiger partial charge in [0.1, 0.15) is 5.82 Å². The third-order valence-corrected chi connectivity index (χ3v) is 3.75. The van der Waals surface area contributed by atoms with Gasteiger partial charge in [-0.15, -0.1) is 0 Å². The molecule has 1 heterocycles. The van der Waals surface area contributed by atoms with Crippen LogP contribution in [-0.4, -0.2) is 43.1 Å². The minimum atomic E-state index is -0.247. The molecule has 2 rings (SSSR count). The van der Waals surface area contributed by atoms with Crippen molar-refractivity contribution < 1.29 is 14.2 Å². The lowest BCUT2D eigenvalue weighted by atomic mass is 10.1. The first-order valence-electron chi connectivity index (χ1n) is 7.52. The minimum Gasteiger partial charge on any atom is -0.394 e. The summed E-state index contributed by atoms with van der Waals surface area (Å²) in [5.41, 5.74) is 1.52. The van der Waals surface area contributed by atoms with Crippen LogP contribution in [0.4, 0.5) is 10.1 Å². The third-order valence-electron chi connectivity index (χ3n) is 3.75. The number of halogens is 1. The summed E-state index contributed by atoms with van der Waals surface area (Å²) < 4.78 is 19.9. The van der Waals surface area contributed by atoms with E-state index in [1.54, 1.807) is 6.07 Å². The molecule has 0 aromatic heterocycles. The number of morpholine rings is 1. The van der Waals surface area contributed by atoms with Gasteiger partial charge in [-0.05, 0) is 24.6 Å². The summed E-state index contributed by atoms with van der Waals surface area (Å²) in [7, 11) is 0. The molecule has 1 aromatic carbocycles. The van der Waals surface area contributed by atoms with Gasteiger partial charge in [-0.1, -0.05) is 19.9 Å². The standard InChI is InChI=1S/C16H25FN2O2/c1-11(2)18-7-13-4-5-16(15(17)6-13)19-8-14(9-20)21-10-12(19)3/h4-6,11-12,14,18,20H,7-10H2,1-3H3. The Morgan fingerprint density at radius 3 is 2.86 bits per heavy atom. The molecule has 0 radical (unpaired) electrons. The van der Waals surface area contributed by atoms with E-state index in [1.165, 1.54) is 0 Å². The van der Waals surface area contributed by atoms with E-state index in [0.717, 1.165) is 5.56 Å². The highest BCUT2D eigenvalue weighted by Gasteiger charge is 2.27. The summed E-state index contributed by atoms with van der Waals surface area (Å²) in [6, 6.07) is 5.83. The van der Waals surface area contributed by atoms with E-state index < -0.39 is 0 Å². The molecule has 1 aromatic rings. The molecular formula is C16H25FN2O2. The Labute approximate surface area is 125 Å². The van der Waals surface area contributed by atoms with E-state index >= 15 is 0 Å². The van der Waals surface area contributed by atoms with E-state index in [-0.39, 0.29) is 24.6 Å². The van der Waals surface area contributed by atoms with Crippen molar-refractivity contribution in [1.29, 1.82) is 0 Å². The summed E-state index contributed by atoms with van der Waals surface area (Å²) in [4.78, 5) is 1.97. The molecule has 2 atom stereocenters. The maximum atomic E-state index is 14.4. The zero-order chi connectivity index (χ0) is 15.4. The number of benzene rings is 1. The molecule has 118 valence electrons. The van der Waals surface area contributed by atoms with Crippen LogP contribution in [-0.2, 0) is 11.3 Å². The summed E-state index contributed by atoms with van der Waals surface area (Å²) in [5, 5.41) is 12.5. The van der Waals surface area contributed by atoms with Crippen LogP contribution in [0, 0.1) is 5.82 Å². The van der Waals surface area contributed by atoms with E-state index in [4.69, 9.17) is 4.74 Å². The van der Waals surface area contributed by atoms with Crippen LogP contribution in [0.25, 0.3) is 0 Å². The Morgan fingerprint density at radius 1 is 1.48 bits per heavy atom. The van der Waals surface area contributed by atoms with Gasteiger partial charge in [0.15, 0.2) is 0 Å². The van der Waals surface area contributed by atoms with Crippen LogP contribution in [0.5, 0.6) is 0 Å². The predicted molar refractivity (Wildman–Crippen MR) is 82.0 cm³/mol. The maximum Gasteiger partial charge on any atom is 0.146 e. The highest BCUT2D eigenvalue weighted by molar-refractivity contribution is 5.50. The van der Waals surface area contributed by atoms with Gasteiger partial charge in [0.05, 0.1) is 25.0 Å². The van der Waals surface area contributed by atoms with E-state index in [9.17, 15) is 9.50 Å². The number of ether oxygens (including phenoxy) is 1. The van der Waals surface area contributed by atoms with E-state index in [2.05, 4.69) is 19.2 Å². The van der Waals surface area contributed by atoms with Crippen LogP contribution >= 0.6 is 0 Å².